The van der Waals surface area contributed by atoms with Crippen molar-refractivity contribution in [3.63, 3.8) is 0 Å². The van der Waals surface area contributed by atoms with Crippen LogP contribution in [0.15, 0.2) is 71.7 Å². The maximum atomic E-state index is 13.6. The normalized spacial score (nSPS) is 15.5. The maximum Gasteiger partial charge on any atom is 0.251 e. The molecular formula is C23H22F2N4O. The summed E-state index contributed by atoms with van der Waals surface area (Å²) in [6.07, 6.45) is -0.434. The molecule has 30 heavy (non-hydrogen) atoms. The van der Waals surface area contributed by atoms with E-state index in [2.05, 4.69) is 9.97 Å². The molecule has 1 aromatic heterocycles. The van der Waals surface area contributed by atoms with E-state index < -0.39 is 5.92 Å². The summed E-state index contributed by atoms with van der Waals surface area (Å²) in [6.45, 7) is 0.376. The summed E-state index contributed by atoms with van der Waals surface area (Å²) in [5.74, 6) is -1.53. The summed E-state index contributed by atoms with van der Waals surface area (Å²) >= 11 is 0. The van der Waals surface area contributed by atoms with Crippen LogP contribution in [0.1, 0.15) is 24.0 Å². The predicted molar refractivity (Wildman–Crippen MR) is 113 cm³/mol. The number of halogens is 2. The lowest BCUT2D eigenvalue weighted by molar-refractivity contribution is -0.0222. The monoisotopic (exact) mass is 408 g/mol. The number of alkyl halides is 2. The van der Waals surface area contributed by atoms with Gasteiger partial charge in [-0.2, -0.15) is 9.97 Å². The van der Waals surface area contributed by atoms with Gasteiger partial charge in [0.05, 0.1) is 12.8 Å². The number of aromatic nitrogens is 2. The Morgan fingerprint density at radius 3 is 2.03 bits per heavy atom. The first kappa shape index (κ1) is 19.9. The number of rotatable bonds is 5. The average molecular weight is 408 g/mol. The number of aliphatic imine (C=N–C) groups is 1. The summed E-state index contributed by atoms with van der Waals surface area (Å²) in [7, 11) is 1.51. The van der Waals surface area contributed by atoms with Crippen LogP contribution in [0.4, 0.5) is 20.5 Å². The van der Waals surface area contributed by atoms with E-state index in [1.807, 2.05) is 60.7 Å². The Morgan fingerprint density at radius 1 is 0.933 bits per heavy atom. The number of benzene rings is 2. The van der Waals surface area contributed by atoms with Gasteiger partial charge in [0.15, 0.2) is 5.82 Å². The van der Waals surface area contributed by atoms with Crippen molar-refractivity contribution < 1.29 is 13.5 Å². The molecule has 7 heteroatoms. The van der Waals surface area contributed by atoms with Crippen molar-refractivity contribution in [3.05, 3.63) is 77.9 Å². The first-order valence-corrected chi connectivity index (χ1v) is 9.79. The molecular weight excluding hydrogens is 386 g/mol. The van der Waals surface area contributed by atoms with Crippen molar-refractivity contribution in [2.45, 2.75) is 18.8 Å². The van der Waals surface area contributed by atoms with Gasteiger partial charge in [0, 0.05) is 43.1 Å². The van der Waals surface area contributed by atoms with Gasteiger partial charge in [-0.15, -0.1) is 0 Å². The molecule has 5 nitrogen and oxygen atoms in total. The Bertz CT molecular complexity index is 974. The fourth-order valence-electron chi connectivity index (χ4n) is 3.34. The minimum Gasteiger partial charge on any atom is -0.481 e. The molecule has 1 fully saturated rings. The summed E-state index contributed by atoms with van der Waals surface area (Å²) in [6, 6.07) is 21.3. The third kappa shape index (κ3) is 4.62. The number of hydrogen-bond acceptors (Lipinski definition) is 5. The van der Waals surface area contributed by atoms with Gasteiger partial charge in [-0.1, -0.05) is 60.7 Å². The van der Waals surface area contributed by atoms with Crippen LogP contribution in [0.25, 0.3) is 0 Å². The second-order valence-corrected chi connectivity index (χ2v) is 7.10. The highest BCUT2D eigenvalue weighted by atomic mass is 19.3. The van der Waals surface area contributed by atoms with E-state index in [-0.39, 0.29) is 25.9 Å². The molecule has 4 rings (SSSR count). The predicted octanol–water partition coefficient (Wildman–Crippen LogP) is 4.89. The SMILES string of the molecule is COc1cc(N=C(c2ccccc2)c2ccccc2)nc(N2CCC(F)(F)CC2)n1. The summed E-state index contributed by atoms with van der Waals surface area (Å²) in [5.41, 5.74) is 2.65. The molecule has 2 heterocycles. The van der Waals surface area contributed by atoms with E-state index in [1.54, 1.807) is 11.0 Å². The maximum absolute atomic E-state index is 13.6. The van der Waals surface area contributed by atoms with Crippen LogP contribution < -0.4 is 9.64 Å². The molecule has 1 aliphatic heterocycles. The zero-order valence-corrected chi connectivity index (χ0v) is 16.6. The summed E-state index contributed by atoms with van der Waals surface area (Å²) < 4.78 is 32.4. The van der Waals surface area contributed by atoms with Crippen LogP contribution in [0.3, 0.4) is 0 Å². The van der Waals surface area contributed by atoms with E-state index >= 15 is 0 Å². The summed E-state index contributed by atoms with van der Waals surface area (Å²) in [4.78, 5) is 15.5. The highest BCUT2D eigenvalue weighted by Gasteiger charge is 2.35. The first-order chi connectivity index (χ1) is 14.5. The van der Waals surface area contributed by atoms with E-state index in [4.69, 9.17) is 9.73 Å². The molecule has 2 aromatic carbocycles. The van der Waals surface area contributed by atoms with Gasteiger partial charge in [-0.3, -0.25) is 0 Å². The van der Waals surface area contributed by atoms with Crippen molar-refractivity contribution >= 4 is 17.5 Å². The molecule has 0 amide bonds. The Hall–Kier alpha value is -3.35. The number of piperidine rings is 1. The van der Waals surface area contributed by atoms with Gasteiger partial charge in [0.2, 0.25) is 11.8 Å². The highest BCUT2D eigenvalue weighted by Crippen LogP contribution is 2.31. The van der Waals surface area contributed by atoms with E-state index in [9.17, 15) is 8.78 Å². The Balaban J connectivity index is 1.75. The van der Waals surface area contributed by atoms with Crippen LogP contribution in [0.5, 0.6) is 5.88 Å². The zero-order chi connectivity index (χ0) is 21.0. The standard InChI is InChI=1S/C23H22F2N4O/c1-30-20-16-19(27-22(28-20)29-14-12-23(24,25)13-15-29)26-21(17-8-4-2-5-9-17)18-10-6-3-7-11-18/h2-11,16H,12-15H2,1H3. The van der Waals surface area contributed by atoms with E-state index in [1.165, 1.54) is 7.11 Å². The fourth-order valence-corrected chi connectivity index (χ4v) is 3.34. The molecule has 0 N–H and O–H groups in total. The Kier molecular flexibility index (Phi) is 5.70. The van der Waals surface area contributed by atoms with Crippen LogP contribution in [0.2, 0.25) is 0 Å². The quantitative estimate of drug-likeness (QED) is 0.564. The number of ether oxygens (including phenoxy) is 1. The van der Waals surface area contributed by atoms with Gasteiger partial charge < -0.3 is 9.64 Å². The van der Waals surface area contributed by atoms with Crippen molar-refractivity contribution in [1.82, 2.24) is 9.97 Å². The average Bonchev–Trinajstić information content (AvgIpc) is 2.78. The molecule has 0 spiro atoms. The Morgan fingerprint density at radius 2 is 1.50 bits per heavy atom. The van der Waals surface area contributed by atoms with Gasteiger partial charge in [0.25, 0.3) is 5.92 Å². The van der Waals surface area contributed by atoms with Crippen LogP contribution in [0, 0.1) is 0 Å². The lowest BCUT2D eigenvalue weighted by Gasteiger charge is -2.31. The molecule has 0 bridgehead atoms. The number of hydrogen-bond donors (Lipinski definition) is 0. The molecule has 0 atom stereocenters. The minimum atomic E-state index is -2.63. The lowest BCUT2D eigenvalue weighted by Crippen LogP contribution is -2.40. The van der Waals surface area contributed by atoms with E-state index in [0.717, 1.165) is 16.8 Å². The third-order valence-electron chi connectivity index (χ3n) is 4.99. The van der Waals surface area contributed by atoms with Gasteiger partial charge in [-0.25, -0.2) is 13.8 Å². The first-order valence-electron chi connectivity index (χ1n) is 9.79. The van der Waals surface area contributed by atoms with Crippen LogP contribution in [-0.4, -0.2) is 41.8 Å². The Labute approximate surface area is 174 Å². The number of methoxy groups -OCH3 is 1. The zero-order valence-electron chi connectivity index (χ0n) is 16.6. The fraction of sp³-hybridized carbons (Fsp3) is 0.261. The molecule has 3 aromatic rings. The number of nitrogens with zero attached hydrogens (tertiary/aromatic N) is 4. The van der Waals surface area contributed by atoms with Crippen molar-refractivity contribution in [2.75, 3.05) is 25.1 Å². The highest BCUT2D eigenvalue weighted by molar-refractivity contribution is 6.13. The van der Waals surface area contributed by atoms with Crippen molar-refractivity contribution in [3.8, 4) is 5.88 Å². The molecule has 1 saturated heterocycles. The van der Waals surface area contributed by atoms with Gasteiger partial charge in [-0.05, 0) is 0 Å². The second kappa shape index (κ2) is 8.57. The van der Waals surface area contributed by atoms with E-state index in [0.29, 0.717) is 17.6 Å². The third-order valence-corrected chi connectivity index (χ3v) is 4.99. The largest absolute Gasteiger partial charge is 0.481 e. The van der Waals surface area contributed by atoms with Crippen molar-refractivity contribution in [1.29, 1.82) is 0 Å². The molecule has 0 saturated carbocycles. The molecule has 0 radical (unpaired) electrons. The second-order valence-electron chi connectivity index (χ2n) is 7.10. The molecule has 154 valence electrons. The molecule has 0 unspecified atom stereocenters. The summed E-state index contributed by atoms with van der Waals surface area (Å²) in [5, 5.41) is 0. The van der Waals surface area contributed by atoms with Crippen LogP contribution >= 0.6 is 0 Å². The smallest absolute Gasteiger partial charge is 0.251 e. The minimum absolute atomic E-state index is 0.188. The molecule has 1 aliphatic rings. The topological polar surface area (TPSA) is 50.6 Å². The lowest BCUT2D eigenvalue weighted by atomic mass is 10.0. The van der Waals surface area contributed by atoms with Crippen LogP contribution in [-0.2, 0) is 0 Å². The molecule has 0 aliphatic carbocycles. The van der Waals surface area contributed by atoms with Gasteiger partial charge in [0.1, 0.15) is 0 Å². The van der Waals surface area contributed by atoms with Crippen molar-refractivity contribution in [2.24, 2.45) is 4.99 Å². The number of anilines is 1. The van der Waals surface area contributed by atoms with Gasteiger partial charge >= 0.3 is 0 Å².